The average Bonchev–Trinajstić information content (AvgIpc) is 2.21. The Kier molecular flexibility index (Phi) is 6.03. The lowest BCUT2D eigenvalue weighted by atomic mass is 10.1. The number of anilines is 1. The Hall–Kier alpha value is -0.980. The summed E-state index contributed by atoms with van der Waals surface area (Å²) in [5, 5.41) is 0. The van der Waals surface area contributed by atoms with Gasteiger partial charge in [-0.1, -0.05) is 32.9 Å². The molecule has 1 aromatic rings. The predicted molar refractivity (Wildman–Crippen MR) is 61.5 cm³/mol. The summed E-state index contributed by atoms with van der Waals surface area (Å²) in [6.07, 6.45) is 1.11. The second kappa shape index (κ2) is 6.53. The van der Waals surface area contributed by atoms with E-state index >= 15 is 0 Å². The normalized spacial score (nSPS) is 8.69. The average molecular weight is 179 g/mol. The van der Waals surface area contributed by atoms with Gasteiger partial charge in [-0.2, -0.15) is 0 Å². The summed E-state index contributed by atoms with van der Waals surface area (Å²) >= 11 is 0. The van der Waals surface area contributed by atoms with Crippen LogP contribution in [0, 0.1) is 0 Å². The van der Waals surface area contributed by atoms with Gasteiger partial charge in [-0.05, 0) is 24.1 Å². The van der Waals surface area contributed by atoms with Crippen molar-refractivity contribution in [3.8, 4) is 0 Å². The van der Waals surface area contributed by atoms with Gasteiger partial charge in [0, 0.05) is 19.8 Å². The molecular weight excluding hydrogens is 158 g/mol. The minimum Gasteiger partial charge on any atom is -0.378 e. The van der Waals surface area contributed by atoms with Crippen LogP contribution in [-0.2, 0) is 6.42 Å². The van der Waals surface area contributed by atoms with Crippen molar-refractivity contribution in [3.63, 3.8) is 0 Å². The third kappa shape index (κ3) is 3.97. The van der Waals surface area contributed by atoms with E-state index in [1.54, 1.807) is 0 Å². The van der Waals surface area contributed by atoms with Crippen molar-refractivity contribution in [1.29, 1.82) is 0 Å². The molecule has 74 valence electrons. The lowest BCUT2D eigenvalue weighted by Gasteiger charge is -2.12. The van der Waals surface area contributed by atoms with Crippen molar-refractivity contribution >= 4 is 5.69 Å². The van der Waals surface area contributed by atoms with Gasteiger partial charge < -0.3 is 4.90 Å². The molecule has 13 heavy (non-hydrogen) atoms. The second-order valence-electron chi connectivity index (χ2n) is 2.92. The fraction of sp³-hybridized carbons (Fsp3) is 0.500. The lowest BCUT2D eigenvalue weighted by Crippen LogP contribution is -2.08. The van der Waals surface area contributed by atoms with Gasteiger partial charge in [0.2, 0.25) is 0 Å². The molecule has 0 fully saturated rings. The Morgan fingerprint density at radius 3 is 2.23 bits per heavy atom. The molecule has 0 spiro atoms. The first kappa shape index (κ1) is 12.0. The summed E-state index contributed by atoms with van der Waals surface area (Å²) in [6.45, 7) is 6.18. The zero-order valence-corrected chi connectivity index (χ0v) is 9.46. The molecular formula is C12H21N. The summed E-state index contributed by atoms with van der Waals surface area (Å²) in [4.78, 5) is 2.12. The molecule has 0 aliphatic rings. The van der Waals surface area contributed by atoms with E-state index in [1.165, 1.54) is 11.3 Å². The number of hydrogen-bond donors (Lipinski definition) is 0. The van der Waals surface area contributed by atoms with Gasteiger partial charge in [0.05, 0.1) is 0 Å². The molecule has 0 aliphatic carbocycles. The van der Waals surface area contributed by atoms with Crippen molar-refractivity contribution in [2.45, 2.75) is 27.2 Å². The first-order valence-electron chi connectivity index (χ1n) is 5.00. The van der Waals surface area contributed by atoms with Crippen LogP contribution < -0.4 is 4.90 Å². The molecule has 1 heteroatoms. The zero-order valence-electron chi connectivity index (χ0n) is 9.46. The Balaban J connectivity index is 0.000000671. The molecule has 0 atom stereocenters. The molecule has 1 aromatic carbocycles. The van der Waals surface area contributed by atoms with Crippen molar-refractivity contribution in [1.82, 2.24) is 0 Å². The highest BCUT2D eigenvalue weighted by Gasteiger charge is 1.94. The molecule has 0 N–H and O–H groups in total. The van der Waals surface area contributed by atoms with Crippen LogP contribution in [0.5, 0.6) is 0 Å². The molecule has 0 amide bonds. The van der Waals surface area contributed by atoms with Crippen LogP contribution in [0.15, 0.2) is 24.3 Å². The van der Waals surface area contributed by atoms with Gasteiger partial charge in [-0.25, -0.2) is 0 Å². The van der Waals surface area contributed by atoms with E-state index in [0.29, 0.717) is 0 Å². The highest BCUT2D eigenvalue weighted by Crippen LogP contribution is 2.13. The first-order chi connectivity index (χ1) is 6.24. The molecule has 0 heterocycles. The largest absolute Gasteiger partial charge is 0.378 e. The number of rotatable bonds is 2. The van der Waals surface area contributed by atoms with E-state index in [2.05, 4.69) is 50.2 Å². The van der Waals surface area contributed by atoms with Crippen LogP contribution in [0.1, 0.15) is 26.3 Å². The summed E-state index contributed by atoms with van der Waals surface area (Å²) in [5.41, 5.74) is 2.68. The Labute approximate surface area is 82.4 Å². The van der Waals surface area contributed by atoms with Crippen molar-refractivity contribution in [3.05, 3.63) is 29.8 Å². The molecule has 1 rings (SSSR count). The standard InChI is InChI=1S/C10H15N.C2H6/c1-4-9-6-5-7-10(8-9)11(2)3;1-2/h5-8H,4H2,1-3H3;1-2H3. The maximum atomic E-state index is 2.22. The van der Waals surface area contributed by atoms with E-state index in [9.17, 15) is 0 Å². The first-order valence-corrected chi connectivity index (χ1v) is 5.00. The van der Waals surface area contributed by atoms with Gasteiger partial charge in [0.15, 0.2) is 0 Å². The smallest absolute Gasteiger partial charge is 0.0363 e. The second-order valence-corrected chi connectivity index (χ2v) is 2.92. The number of aryl methyl sites for hydroxylation is 1. The van der Waals surface area contributed by atoms with Crippen molar-refractivity contribution in [2.75, 3.05) is 19.0 Å². The van der Waals surface area contributed by atoms with Crippen LogP contribution in [0.3, 0.4) is 0 Å². The van der Waals surface area contributed by atoms with Gasteiger partial charge in [-0.15, -0.1) is 0 Å². The van der Waals surface area contributed by atoms with E-state index in [-0.39, 0.29) is 0 Å². The molecule has 0 unspecified atom stereocenters. The highest BCUT2D eigenvalue weighted by molar-refractivity contribution is 5.46. The summed E-state index contributed by atoms with van der Waals surface area (Å²) < 4.78 is 0. The van der Waals surface area contributed by atoms with Gasteiger partial charge in [0.1, 0.15) is 0 Å². The molecule has 0 saturated carbocycles. The van der Waals surface area contributed by atoms with Crippen LogP contribution >= 0.6 is 0 Å². The number of nitrogens with zero attached hydrogens (tertiary/aromatic N) is 1. The van der Waals surface area contributed by atoms with Crippen LogP contribution in [0.4, 0.5) is 5.69 Å². The van der Waals surface area contributed by atoms with Crippen molar-refractivity contribution < 1.29 is 0 Å². The predicted octanol–water partition coefficient (Wildman–Crippen LogP) is 3.34. The van der Waals surface area contributed by atoms with Crippen LogP contribution in [0.25, 0.3) is 0 Å². The van der Waals surface area contributed by atoms with Crippen LogP contribution in [-0.4, -0.2) is 14.1 Å². The number of benzene rings is 1. The Bertz CT molecular complexity index is 228. The quantitative estimate of drug-likeness (QED) is 0.673. The number of hydrogen-bond acceptors (Lipinski definition) is 1. The van der Waals surface area contributed by atoms with Gasteiger partial charge in [-0.3, -0.25) is 0 Å². The maximum absolute atomic E-state index is 2.22. The topological polar surface area (TPSA) is 3.24 Å². The third-order valence-corrected chi connectivity index (χ3v) is 1.84. The monoisotopic (exact) mass is 179 g/mol. The Morgan fingerprint density at radius 1 is 1.15 bits per heavy atom. The van der Waals surface area contributed by atoms with E-state index in [1.807, 2.05) is 13.8 Å². The van der Waals surface area contributed by atoms with Crippen LogP contribution in [0.2, 0.25) is 0 Å². The lowest BCUT2D eigenvalue weighted by molar-refractivity contribution is 1.10. The van der Waals surface area contributed by atoms with Gasteiger partial charge >= 0.3 is 0 Å². The summed E-state index contributed by atoms with van der Waals surface area (Å²) in [7, 11) is 4.13. The fourth-order valence-corrected chi connectivity index (χ4v) is 1.05. The highest BCUT2D eigenvalue weighted by atomic mass is 15.1. The van der Waals surface area contributed by atoms with E-state index in [0.717, 1.165) is 6.42 Å². The fourth-order valence-electron chi connectivity index (χ4n) is 1.05. The minimum atomic E-state index is 1.11. The van der Waals surface area contributed by atoms with E-state index in [4.69, 9.17) is 0 Å². The summed E-state index contributed by atoms with van der Waals surface area (Å²) in [5.74, 6) is 0. The molecule has 0 saturated heterocycles. The Morgan fingerprint density at radius 2 is 1.77 bits per heavy atom. The van der Waals surface area contributed by atoms with Crippen molar-refractivity contribution in [2.24, 2.45) is 0 Å². The maximum Gasteiger partial charge on any atom is 0.0363 e. The molecule has 1 nitrogen and oxygen atoms in total. The third-order valence-electron chi connectivity index (χ3n) is 1.84. The molecule has 0 bridgehead atoms. The zero-order chi connectivity index (χ0) is 10.3. The summed E-state index contributed by atoms with van der Waals surface area (Å²) in [6, 6.07) is 8.61. The van der Waals surface area contributed by atoms with Gasteiger partial charge in [0.25, 0.3) is 0 Å². The molecule has 0 radical (unpaired) electrons. The molecule has 0 aliphatic heterocycles. The van der Waals surface area contributed by atoms with E-state index < -0.39 is 0 Å². The SMILES string of the molecule is CC.CCc1cccc(N(C)C)c1. The molecule has 0 aromatic heterocycles. The minimum absolute atomic E-state index is 1.11.